The van der Waals surface area contributed by atoms with Gasteiger partial charge in [0.05, 0.1) is 17.7 Å². The van der Waals surface area contributed by atoms with Crippen LogP contribution < -0.4 is 10.6 Å². The molecule has 0 aromatic carbocycles. The summed E-state index contributed by atoms with van der Waals surface area (Å²) >= 11 is 0. The molecule has 5 atom stereocenters. The van der Waals surface area contributed by atoms with Crippen molar-refractivity contribution in [2.75, 3.05) is 13.2 Å². The van der Waals surface area contributed by atoms with Crippen molar-refractivity contribution in [3.63, 3.8) is 0 Å². The van der Waals surface area contributed by atoms with Crippen molar-refractivity contribution < 1.29 is 9.53 Å². The summed E-state index contributed by atoms with van der Waals surface area (Å²) in [6, 6.07) is 0.0297. The predicted octanol–water partition coefficient (Wildman–Crippen LogP) is 1.06. The van der Waals surface area contributed by atoms with Crippen LogP contribution in [0, 0.1) is 11.8 Å². The van der Waals surface area contributed by atoms with Crippen LogP contribution in [0.3, 0.4) is 0 Å². The zero-order valence-electron chi connectivity index (χ0n) is 11.4. The average Bonchev–Trinajstić information content (AvgIpc) is 2.95. The molecule has 0 bridgehead atoms. The smallest absolute Gasteiger partial charge is 0.237 e. The van der Waals surface area contributed by atoms with Gasteiger partial charge in [0.25, 0.3) is 0 Å². The molecule has 3 fully saturated rings. The first-order chi connectivity index (χ1) is 8.60. The van der Waals surface area contributed by atoms with Crippen molar-refractivity contribution in [3.05, 3.63) is 0 Å². The van der Waals surface area contributed by atoms with Crippen LogP contribution in [-0.2, 0) is 9.53 Å². The summed E-state index contributed by atoms with van der Waals surface area (Å²) in [5.74, 6) is 1.47. The summed E-state index contributed by atoms with van der Waals surface area (Å²) in [4.78, 5) is 12.5. The topological polar surface area (TPSA) is 50.4 Å². The van der Waals surface area contributed by atoms with E-state index >= 15 is 0 Å². The molecular weight excluding hydrogens is 228 g/mol. The zero-order valence-corrected chi connectivity index (χ0v) is 11.4. The van der Waals surface area contributed by atoms with Crippen LogP contribution in [-0.4, -0.2) is 36.7 Å². The Balaban J connectivity index is 1.65. The molecule has 4 nitrogen and oxygen atoms in total. The Morgan fingerprint density at radius 3 is 3.00 bits per heavy atom. The maximum atomic E-state index is 12.5. The Kier molecular flexibility index (Phi) is 3.10. The van der Waals surface area contributed by atoms with Crippen LogP contribution >= 0.6 is 0 Å². The SMILES string of the molecule is CC1OCCC1(C)NC(=O)C1NCC2CCCC21. The third-order valence-electron chi connectivity index (χ3n) is 5.32. The summed E-state index contributed by atoms with van der Waals surface area (Å²) in [5.41, 5.74) is -0.185. The van der Waals surface area contributed by atoms with Crippen molar-refractivity contribution in [2.45, 2.75) is 57.2 Å². The molecule has 3 aliphatic rings. The average molecular weight is 252 g/mol. The monoisotopic (exact) mass is 252 g/mol. The molecule has 18 heavy (non-hydrogen) atoms. The minimum absolute atomic E-state index is 0.0297. The molecule has 0 aromatic rings. The number of fused-ring (bicyclic) bond motifs is 1. The van der Waals surface area contributed by atoms with Gasteiger partial charge in [0, 0.05) is 6.61 Å². The first kappa shape index (κ1) is 12.4. The maximum Gasteiger partial charge on any atom is 0.237 e. The lowest BCUT2D eigenvalue weighted by Crippen LogP contribution is -2.56. The largest absolute Gasteiger partial charge is 0.376 e. The van der Waals surface area contributed by atoms with Crippen molar-refractivity contribution in [1.29, 1.82) is 0 Å². The van der Waals surface area contributed by atoms with E-state index in [1.165, 1.54) is 19.3 Å². The van der Waals surface area contributed by atoms with Crippen LogP contribution in [0.5, 0.6) is 0 Å². The van der Waals surface area contributed by atoms with Gasteiger partial charge in [-0.1, -0.05) is 6.42 Å². The van der Waals surface area contributed by atoms with Gasteiger partial charge in [-0.15, -0.1) is 0 Å². The highest BCUT2D eigenvalue weighted by Crippen LogP contribution is 2.38. The molecule has 1 aliphatic carbocycles. The quantitative estimate of drug-likeness (QED) is 0.772. The molecular formula is C14H24N2O2. The van der Waals surface area contributed by atoms with Crippen molar-refractivity contribution in [1.82, 2.24) is 10.6 Å². The van der Waals surface area contributed by atoms with E-state index in [1.54, 1.807) is 0 Å². The Bertz CT molecular complexity index is 347. The van der Waals surface area contributed by atoms with Crippen LogP contribution in [0.25, 0.3) is 0 Å². The number of carbonyl (C=O) groups is 1. The highest BCUT2D eigenvalue weighted by molar-refractivity contribution is 5.83. The number of rotatable bonds is 2. The van der Waals surface area contributed by atoms with Crippen LogP contribution in [0.1, 0.15) is 39.5 Å². The van der Waals surface area contributed by atoms with E-state index in [1.807, 2.05) is 6.92 Å². The fourth-order valence-corrected chi connectivity index (χ4v) is 3.83. The van der Waals surface area contributed by atoms with Gasteiger partial charge >= 0.3 is 0 Å². The lowest BCUT2D eigenvalue weighted by atomic mass is 9.90. The Labute approximate surface area is 109 Å². The molecule has 1 saturated carbocycles. The molecule has 5 unspecified atom stereocenters. The number of carbonyl (C=O) groups excluding carboxylic acids is 1. The summed E-state index contributed by atoms with van der Waals surface area (Å²) in [6.45, 7) is 5.92. The lowest BCUT2D eigenvalue weighted by molar-refractivity contribution is -0.126. The number of hydrogen-bond donors (Lipinski definition) is 2. The highest BCUT2D eigenvalue weighted by atomic mass is 16.5. The van der Waals surface area contributed by atoms with Crippen molar-refractivity contribution in [2.24, 2.45) is 11.8 Å². The molecule has 4 heteroatoms. The van der Waals surface area contributed by atoms with E-state index < -0.39 is 0 Å². The van der Waals surface area contributed by atoms with E-state index in [9.17, 15) is 4.79 Å². The second-order valence-corrected chi connectivity index (χ2v) is 6.41. The molecule has 0 radical (unpaired) electrons. The van der Waals surface area contributed by atoms with Gasteiger partial charge in [-0.05, 0) is 51.5 Å². The first-order valence-corrected chi connectivity index (χ1v) is 7.27. The standard InChI is InChI=1S/C14H24N2O2/c1-9-14(2,6-7-18-9)16-13(17)12-11-5-3-4-10(11)8-15-12/h9-12,15H,3-8H2,1-2H3,(H,16,17). The number of hydrogen-bond acceptors (Lipinski definition) is 3. The lowest BCUT2D eigenvalue weighted by Gasteiger charge is -2.31. The van der Waals surface area contributed by atoms with Crippen LogP contribution in [0.2, 0.25) is 0 Å². The third kappa shape index (κ3) is 1.95. The molecule has 3 rings (SSSR count). The molecule has 2 N–H and O–H groups in total. The van der Waals surface area contributed by atoms with Gasteiger partial charge in [-0.2, -0.15) is 0 Å². The third-order valence-corrected chi connectivity index (χ3v) is 5.32. The van der Waals surface area contributed by atoms with Crippen LogP contribution in [0.4, 0.5) is 0 Å². The van der Waals surface area contributed by atoms with Crippen molar-refractivity contribution in [3.8, 4) is 0 Å². The summed E-state index contributed by atoms with van der Waals surface area (Å²) in [7, 11) is 0. The highest BCUT2D eigenvalue weighted by Gasteiger charge is 2.45. The molecule has 2 saturated heterocycles. The minimum Gasteiger partial charge on any atom is -0.376 e. The van der Waals surface area contributed by atoms with E-state index in [0.29, 0.717) is 5.92 Å². The predicted molar refractivity (Wildman–Crippen MR) is 69.2 cm³/mol. The minimum atomic E-state index is -0.185. The summed E-state index contributed by atoms with van der Waals surface area (Å²) in [5, 5.41) is 6.64. The van der Waals surface area contributed by atoms with Crippen molar-refractivity contribution >= 4 is 5.91 Å². The number of ether oxygens (including phenoxy) is 1. The van der Waals surface area contributed by atoms with E-state index in [2.05, 4.69) is 17.6 Å². The molecule has 2 aliphatic heterocycles. The molecule has 1 amide bonds. The zero-order chi connectivity index (χ0) is 12.8. The number of nitrogens with one attached hydrogen (secondary N) is 2. The molecule has 0 aromatic heterocycles. The maximum absolute atomic E-state index is 12.5. The molecule has 102 valence electrons. The van der Waals surface area contributed by atoms with Gasteiger partial charge in [-0.25, -0.2) is 0 Å². The first-order valence-electron chi connectivity index (χ1n) is 7.27. The normalized spacial score (nSPS) is 47.2. The van der Waals surface area contributed by atoms with E-state index in [-0.39, 0.29) is 23.6 Å². The fraction of sp³-hybridized carbons (Fsp3) is 0.929. The molecule has 2 heterocycles. The Morgan fingerprint density at radius 1 is 1.44 bits per heavy atom. The van der Waals surface area contributed by atoms with Gasteiger partial charge in [0.1, 0.15) is 0 Å². The van der Waals surface area contributed by atoms with Gasteiger partial charge in [0.15, 0.2) is 0 Å². The molecule has 0 spiro atoms. The number of amides is 1. The second kappa shape index (κ2) is 4.49. The summed E-state index contributed by atoms with van der Waals surface area (Å²) in [6.07, 6.45) is 4.82. The second-order valence-electron chi connectivity index (χ2n) is 6.41. The summed E-state index contributed by atoms with van der Waals surface area (Å²) < 4.78 is 5.58. The van der Waals surface area contributed by atoms with Gasteiger partial charge in [0.2, 0.25) is 5.91 Å². The Morgan fingerprint density at radius 2 is 2.28 bits per heavy atom. The van der Waals surface area contributed by atoms with Crippen LogP contribution in [0.15, 0.2) is 0 Å². The van der Waals surface area contributed by atoms with Gasteiger partial charge < -0.3 is 15.4 Å². The van der Waals surface area contributed by atoms with Gasteiger partial charge in [-0.3, -0.25) is 4.79 Å². The van der Waals surface area contributed by atoms with E-state index in [4.69, 9.17) is 4.74 Å². The fourth-order valence-electron chi connectivity index (χ4n) is 3.83. The Hall–Kier alpha value is -0.610. The van der Waals surface area contributed by atoms with E-state index in [0.717, 1.165) is 25.5 Å².